The van der Waals surface area contributed by atoms with Gasteiger partial charge in [-0.3, -0.25) is 4.79 Å². The molecule has 2 aliphatic heterocycles. The molecule has 134 valence electrons. The molecule has 0 radical (unpaired) electrons. The van der Waals surface area contributed by atoms with Crippen molar-refractivity contribution in [1.29, 1.82) is 0 Å². The molecule has 2 saturated heterocycles. The van der Waals surface area contributed by atoms with Gasteiger partial charge in [0, 0.05) is 50.8 Å². The van der Waals surface area contributed by atoms with Crippen LogP contribution in [-0.4, -0.2) is 62.5 Å². The summed E-state index contributed by atoms with van der Waals surface area (Å²) in [7, 11) is 0. The quantitative estimate of drug-likeness (QED) is 0.822. The number of aromatic nitrogens is 4. The van der Waals surface area contributed by atoms with Crippen molar-refractivity contribution < 1.29 is 13.6 Å². The predicted molar refractivity (Wildman–Crippen MR) is 86.6 cm³/mol. The van der Waals surface area contributed by atoms with E-state index in [0.717, 1.165) is 18.1 Å². The van der Waals surface area contributed by atoms with Gasteiger partial charge in [-0.15, -0.1) is 0 Å². The second-order valence-corrected chi connectivity index (χ2v) is 6.84. The van der Waals surface area contributed by atoms with Crippen molar-refractivity contribution >= 4 is 17.5 Å². The Labute approximate surface area is 143 Å². The van der Waals surface area contributed by atoms with E-state index in [-0.39, 0.29) is 37.8 Å². The van der Waals surface area contributed by atoms with Crippen LogP contribution in [0.25, 0.3) is 5.78 Å². The average Bonchev–Trinajstić information content (AvgIpc) is 3.22. The lowest BCUT2D eigenvalue weighted by Gasteiger charge is -2.33. The van der Waals surface area contributed by atoms with E-state index in [2.05, 4.69) is 20.0 Å². The first-order chi connectivity index (χ1) is 11.9. The molecule has 7 nitrogen and oxygen atoms in total. The summed E-state index contributed by atoms with van der Waals surface area (Å²) in [5.41, 5.74) is 0.837. The van der Waals surface area contributed by atoms with Crippen LogP contribution in [0.2, 0.25) is 0 Å². The van der Waals surface area contributed by atoms with Crippen LogP contribution in [0.5, 0.6) is 0 Å². The number of likely N-dealkylation sites (tertiary alicyclic amines) is 1. The van der Waals surface area contributed by atoms with E-state index < -0.39 is 5.92 Å². The van der Waals surface area contributed by atoms with Crippen LogP contribution < -0.4 is 4.90 Å². The van der Waals surface area contributed by atoms with Gasteiger partial charge in [0.1, 0.15) is 12.1 Å². The summed E-state index contributed by atoms with van der Waals surface area (Å²) in [6.07, 6.45) is 1.69. The van der Waals surface area contributed by atoms with Gasteiger partial charge in [-0.1, -0.05) is 0 Å². The Hall–Kier alpha value is -2.32. The number of rotatable bonds is 2. The van der Waals surface area contributed by atoms with Gasteiger partial charge in [-0.25, -0.2) is 13.8 Å². The number of piperidine rings is 1. The molecule has 25 heavy (non-hydrogen) atoms. The van der Waals surface area contributed by atoms with Crippen molar-refractivity contribution in [2.24, 2.45) is 5.92 Å². The van der Waals surface area contributed by atoms with Crippen LogP contribution in [0.3, 0.4) is 0 Å². The summed E-state index contributed by atoms with van der Waals surface area (Å²) in [6, 6.07) is 1.93. The lowest BCUT2D eigenvalue weighted by Crippen LogP contribution is -2.45. The van der Waals surface area contributed by atoms with E-state index in [4.69, 9.17) is 0 Å². The lowest BCUT2D eigenvalue weighted by atomic mass is 10.0. The fourth-order valence-corrected chi connectivity index (χ4v) is 3.62. The third kappa shape index (κ3) is 3.03. The molecule has 2 aromatic heterocycles. The number of carbonyl (C=O) groups is 1. The number of hydrogen-bond donors (Lipinski definition) is 0. The van der Waals surface area contributed by atoms with Crippen molar-refractivity contribution in [2.75, 3.05) is 31.1 Å². The molecule has 0 spiro atoms. The molecule has 9 heteroatoms. The average molecular weight is 350 g/mol. The van der Waals surface area contributed by atoms with Gasteiger partial charge in [0.15, 0.2) is 0 Å². The zero-order valence-corrected chi connectivity index (χ0v) is 14.0. The molecule has 1 unspecified atom stereocenters. The second-order valence-electron chi connectivity index (χ2n) is 6.84. The molecule has 2 aromatic rings. The van der Waals surface area contributed by atoms with Crippen molar-refractivity contribution in [3.63, 3.8) is 0 Å². The summed E-state index contributed by atoms with van der Waals surface area (Å²) in [5, 5.41) is 4.20. The van der Waals surface area contributed by atoms with Crippen LogP contribution in [-0.2, 0) is 4.79 Å². The van der Waals surface area contributed by atoms with Gasteiger partial charge in [-0.2, -0.15) is 14.6 Å². The van der Waals surface area contributed by atoms with E-state index in [1.54, 1.807) is 9.42 Å². The Balaban J connectivity index is 1.48. The van der Waals surface area contributed by atoms with Gasteiger partial charge in [0.05, 0.1) is 5.92 Å². The van der Waals surface area contributed by atoms with E-state index in [9.17, 15) is 13.6 Å². The molecule has 4 heterocycles. The monoisotopic (exact) mass is 350 g/mol. The van der Waals surface area contributed by atoms with Crippen molar-refractivity contribution in [2.45, 2.75) is 32.1 Å². The molecular formula is C16H20F2N6O. The van der Waals surface area contributed by atoms with E-state index in [1.807, 2.05) is 13.0 Å². The van der Waals surface area contributed by atoms with Gasteiger partial charge >= 0.3 is 0 Å². The van der Waals surface area contributed by atoms with Gasteiger partial charge < -0.3 is 9.80 Å². The summed E-state index contributed by atoms with van der Waals surface area (Å²) >= 11 is 0. The zero-order chi connectivity index (χ0) is 17.6. The molecule has 4 rings (SSSR count). The highest BCUT2D eigenvalue weighted by Crippen LogP contribution is 2.30. The standard InChI is InChI=1S/C16H20F2N6O/c1-11-8-13(24-15(21-11)19-10-20-24)23-5-2-12(9-23)14(25)22-6-3-16(17,18)4-7-22/h8,10,12H,2-7,9H2,1H3. The van der Waals surface area contributed by atoms with E-state index in [0.29, 0.717) is 18.7 Å². The lowest BCUT2D eigenvalue weighted by molar-refractivity contribution is -0.140. The summed E-state index contributed by atoms with van der Waals surface area (Å²) in [5.74, 6) is -1.42. The van der Waals surface area contributed by atoms with E-state index >= 15 is 0 Å². The Bertz CT molecular complexity index is 797. The molecule has 1 amide bonds. The fraction of sp³-hybridized carbons (Fsp3) is 0.625. The van der Waals surface area contributed by atoms with Crippen LogP contribution in [0.4, 0.5) is 14.6 Å². The molecule has 0 aliphatic carbocycles. The maximum absolute atomic E-state index is 13.3. The Morgan fingerprint density at radius 2 is 2.04 bits per heavy atom. The predicted octanol–water partition coefficient (Wildman–Crippen LogP) is 1.52. The Morgan fingerprint density at radius 3 is 2.80 bits per heavy atom. The van der Waals surface area contributed by atoms with Crippen molar-refractivity contribution in [1.82, 2.24) is 24.5 Å². The number of carbonyl (C=O) groups excluding carboxylic acids is 1. The van der Waals surface area contributed by atoms with Crippen molar-refractivity contribution in [3.8, 4) is 0 Å². The number of aryl methyl sites for hydroxylation is 1. The molecule has 1 atom stereocenters. The number of halogens is 2. The maximum atomic E-state index is 13.3. The summed E-state index contributed by atoms with van der Waals surface area (Å²) in [6.45, 7) is 3.46. The number of nitrogens with zero attached hydrogens (tertiary/aromatic N) is 6. The number of anilines is 1. The van der Waals surface area contributed by atoms with Gasteiger partial charge in [-0.05, 0) is 13.3 Å². The molecule has 2 fully saturated rings. The molecule has 0 aromatic carbocycles. The molecule has 0 bridgehead atoms. The second kappa shape index (κ2) is 5.89. The number of fused-ring (bicyclic) bond motifs is 1. The Kier molecular flexibility index (Phi) is 3.81. The number of alkyl halides is 2. The number of hydrogen-bond acceptors (Lipinski definition) is 5. The Morgan fingerprint density at radius 1 is 1.28 bits per heavy atom. The highest BCUT2D eigenvalue weighted by atomic mass is 19.3. The minimum Gasteiger partial charge on any atom is -0.356 e. The smallest absolute Gasteiger partial charge is 0.254 e. The first kappa shape index (κ1) is 16.2. The number of amides is 1. The zero-order valence-electron chi connectivity index (χ0n) is 14.0. The molecule has 0 N–H and O–H groups in total. The highest BCUT2D eigenvalue weighted by Gasteiger charge is 2.39. The third-order valence-electron chi connectivity index (χ3n) is 5.03. The van der Waals surface area contributed by atoms with Crippen LogP contribution >= 0.6 is 0 Å². The van der Waals surface area contributed by atoms with Gasteiger partial charge in [0.25, 0.3) is 11.7 Å². The van der Waals surface area contributed by atoms with Crippen LogP contribution in [0, 0.1) is 12.8 Å². The van der Waals surface area contributed by atoms with Crippen LogP contribution in [0.1, 0.15) is 25.0 Å². The molecular weight excluding hydrogens is 330 g/mol. The normalized spacial score (nSPS) is 23.4. The summed E-state index contributed by atoms with van der Waals surface area (Å²) in [4.78, 5) is 24.8. The van der Waals surface area contributed by atoms with E-state index in [1.165, 1.54) is 6.33 Å². The SMILES string of the molecule is Cc1cc(N2CCC(C(=O)N3CCC(F)(F)CC3)C2)n2ncnc2n1. The minimum absolute atomic E-state index is 0.0152. The minimum atomic E-state index is -2.63. The third-order valence-corrected chi connectivity index (χ3v) is 5.03. The molecule has 2 aliphatic rings. The summed E-state index contributed by atoms with van der Waals surface area (Å²) < 4.78 is 28.2. The first-order valence-corrected chi connectivity index (χ1v) is 8.52. The largest absolute Gasteiger partial charge is 0.356 e. The van der Waals surface area contributed by atoms with Gasteiger partial charge in [0.2, 0.25) is 5.91 Å². The molecule has 0 saturated carbocycles. The first-order valence-electron chi connectivity index (χ1n) is 8.52. The topological polar surface area (TPSA) is 66.6 Å². The highest BCUT2D eigenvalue weighted by molar-refractivity contribution is 5.80. The van der Waals surface area contributed by atoms with Crippen molar-refractivity contribution in [3.05, 3.63) is 18.1 Å². The van der Waals surface area contributed by atoms with Crippen LogP contribution in [0.15, 0.2) is 12.4 Å². The fourth-order valence-electron chi connectivity index (χ4n) is 3.62. The maximum Gasteiger partial charge on any atom is 0.254 e.